The van der Waals surface area contributed by atoms with Crippen LogP contribution in [0.1, 0.15) is 34.9 Å². The van der Waals surface area contributed by atoms with E-state index in [1.165, 1.54) is 5.56 Å². The molecule has 2 heterocycles. The molecule has 0 bridgehead atoms. The van der Waals surface area contributed by atoms with E-state index in [2.05, 4.69) is 83.0 Å². The summed E-state index contributed by atoms with van der Waals surface area (Å²) in [7, 11) is 5.78. The number of carbonyl (C=O) groups excluding carboxylic acids is 1. The number of hydrogen-bond acceptors (Lipinski definition) is 4. The van der Waals surface area contributed by atoms with Crippen molar-refractivity contribution in [1.29, 1.82) is 0 Å². The van der Waals surface area contributed by atoms with Gasteiger partial charge in [-0.15, -0.1) is 0 Å². The number of hydrogen-bond donors (Lipinski definition) is 2. The highest BCUT2D eigenvalue weighted by Gasteiger charge is 2.43. The summed E-state index contributed by atoms with van der Waals surface area (Å²) < 4.78 is 5.39. The van der Waals surface area contributed by atoms with Crippen LogP contribution in [-0.2, 0) is 23.2 Å². The number of fused-ring (bicyclic) bond motifs is 2. The lowest BCUT2D eigenvalue weighted by molar-refractivity contribution is -0.120. The van der Waals surface area contributed by atoms with Crippen LogP contribution in [0.5, 0.6) is 5.75 Å². The van der Waals surface area contributed by atoms with Crippen molar-refractivity contribution >= 4 is 34.6 Å². The van der Waals surface area contributed by atoms with Crippen LogP contribution in [-0.4, -0.2) is 42.2 Å². The highest BCUT2D eigenvalue weighted by atomic mass is 16.5. The van der Waals surface area contributed by atoms with Crippen LogP contribution in [0, 0.1) is 0 Å². The molecule has 6 heteroatoms. The maximum atomic E-state index is 12.9. The molecular formula is C29H30N4O2. The topological polar surface area (TPSA) is 70.2 Å². The maximum Gasteiger partial charge on any atom is 0.235 e. The number of benzene rings is 3. The molecule has 0 saturated carbocycles. The molecular weight excluding hydrogens is 436 g/mol. The Bertz CT molecular complexity index is 1420. The molecule has 1 aliphatic heterocycles. The van der Waals surface area contributed by atoms with Crippen LogP contribution in [0.15, 0.2) is 60.7 Å². The zero-order valence-electron chi connectivity index (χ0n) is 20.6. The summed E-state index contributed by atoms with van der Waals surface area (Å²) in [4.78, 5) is 15.1. The van der Waals surface area contributed by atoms with E-state index in [4.69, 9.17) is 4.74 Å². The maximum absolute atomic E-state index is 12.9. The Balaban J connectivity index is 1.37. The molecule has 6 nitrogen and oxygen atoms in total. The molecule has 1 atom stereocenters. The molecule has 0 spiro atoms. The monoisotopic (exact) mass is 466 g/mol. The second-order valence-electron chi connectivity index (χ2n) is 9.68. The number of carbonyl (C=O) groups is 1. The molecule has 3 aromatic carbocycles. The first-order valence-electron chi connectivity index (χ1n) is 11.7. The standard InChI is InChI=1S/C29H30N4O2/c1-29(24-16-22(35-4)11-14-26(24)30-28(29)34)17-21-9-12-23-25(31-32-27(23)15-21)13-10-19-5-7-20(8-6-19)18-33(2)3/h5-16H,17-18H2,1-4H3,(H,30,34)(H,31,32)/b13-10+/t29-/m1/s1. The molecule has 0 aliphatic carbocycles. The van der Waals surface area contributed by atoms with Crippen LogP contribution in [0.2, 0.25) is 0 Å². The van der Waals surface area contributed by atoms with E-state index >= 15 is 0 Å². The fraction of sp³-hybridized carbons (Fsp3) is 0.241. The molecule has 0 unspecified atom stereocenters. The van der Waals surface area contributed by atoms with Gasteiger partial charge in [-0.05, 0) is 80.0 Å². The van der Waals surface area contributed by atoms with Crippen molar-refractivity contribution in [3.05, 3.63) is 88.6 Å². The summed E-state index contributed by atoms with van der Waals surface area (Å²) >= 11 is 0. The largest absolute Gasteiger partial charge is 0.497 e. The van der Waals surface area contributed by atoms with Gasteiger partial charge in [-0.1, -0.05) is 42.5 Å². The van der Waals surface area contributed by atoms with Gasteiger partial charge in [0.25, 0.3) is 0 Å². The Kier molecular flexibility index (Phi) is 5.91. The van der Waals surface area contributed by atoms with Gasteiger partial charge in [-0.2, -0.15) is 5.10 Å². The Labute approximate surface area is 205 Å². The third kappa shape index (κ3) is 4.45. The van der Waals surface area contributed by atoms with Crippen molar-refractivity contribution < 1.29 is 9.53 Å². The van der Waals surface area contributed by atoms with Crippen molar-refractivity contribution in [2.75, 3.05) is 26.5 Å². The minimum absolute atomic E-state index is 0.00526. The molecule has 0 fully saturated rings. The quantitative estimate of drug-likeness (QED) is 0.390. The molecule has 0 saturated heterocycles. The Hall–Kier alpha value is -3.90. The number of aromatic amines is 1. The molecule has 5 rings (SSSR count). The molecule has 35 heavy (non-hydrogen) atoms. The number of anilines is 1. The summed E-state index contributed by atoms with van der Waals surface area (Å²) in [5.41, 5.74) is 6.49. The predicted molar refractivity (Wildman–Crippen MR) is 142 cm³/mol. The number of H-pyrrole nitrogens is 1. The zero-order valence-corrected chi connectivity index (χ0v) is 20.6. The van der Waals surface area contributed by atoms with E-state index in [0.717, 1.165) is 51.3 Å². The van der Waals surface area contributed by atoms with Crippen molar-refractivity contribution in [3.8, 4) is 5.75 Å². The van der Waals surface area contributed by atoms with E-state index in [1.54, 1.807) is 7.11 Å². The van der Waals surface area contributed by atoms with Crippen LogP contribution in [0.25, 0.3) is 23.1 Å². The molecule has 1 aliphatic rings. The number of aromatic nitrogens is 2. The second-order valence-corrected chi connectivity index (χ2v) is 9.68. The van der Waals surface area contributed by atoms with Gasteiger partial charge < -0.3 is 15.0 Å². The normalized spacial score (nSPS) is 17.3. The number of ether oxygens (including phenoxy) is 1. The lowest BCUT2D eigenvalue weighted by Gasteiger charge is -2.22. The third-order valence-electron chi connectivity index (χ3n) is 6.70. The van der Waals surface area contributed by atoms with Gasteiger partial charge in [0.05, 0.1) is 23.7 Å². The van der Waals surface area contributed by atoms with E-state index in [-0.39, 0.29) is 5.91 Å². The minimum atomic E-state index is -0.668. The first-order valence-corrected chi connectivity index (χ1v) is 11.7. The Morgan fingerprint density at radius 1 is 1.00 bits per heavy atom. The summed E-state index contributed by atoms with van der Waals surface area (Å²) in [6.07, 6.45) is 4.70. The summed E-state index contributed by atoms with van der Waals surface area (Å²) in [5, 5.41) is 11.7. The number of nitrogens with one attached hydrogen (secondary N) is 2. The van der Waals surface area contributed by atoms with Crippen LogP contribution >= 0.6 is 0 Å². The lowest BCUT2D eigenvalue weighted by atomic mass is 9.78. The molecule has 2 N–H and O–H groups in total. The van der Waals surface area contributed by atoms with Gasteiger partial charge >= 0.3 is 0 Å². The van der Waals surface area contributed by atoms with Crippen molar-refractivity contribution in [2.45, 2.75) is 25.3 Å². The fourth-order valence-corrected chi connectivity index (χ4v) is 4.78. The van der Waals surface area contributed by atoms with Crippen LogP contribution in [0.3, 0.4) is 0 Å². The summed E-state index contributed by atoms with van der Waals surface area (Å²) in [6.45, 7) is 2.92. The second kappa shape index (κ2) is 9.04. The molecule has 1 aromatic heterocycles. The SMILES string of the molecule is COc1ccc2c(c1)[C@@](C)(Cc1ccc3c(/C=C/c4ccc(CN(C)C)cc4)n[nH]c3c1)C(=O)N2. The molecule has 4 aromatic rings. The van der Waals surface area contributed by atoms with Gasteiger partial charge in [0.1, 0.15) is 5.75 Å². The van der Waals surface area contributed by atoms with E-state index in [0.29, 0.717) is 6.42 Å². The first-order chi connectivity index (χ1) is 16.9. The molecule has 0 radical (unpaired) electrons. The van der Waals surface area contributed by atoms with Crippen molar-refractivity contribution in [1.82, 2.24) is 15.1 Å². The van der Waals surface area contributed by atoms with Gasteiger partial charge in [-0.25, -0.2) is 0 Å². The average molecular weight is 467 g/mol. The zero-order chi connectivity index (χ0) is 24.6. The van der Waals surface area contributed by atoms with Gasteiger partial charge in [0, 0.05) is 17.6 Å². The molecule has 178 valence electrons. The molecule has 1 amide bonds. The number of rotatable bonds is 7. The predicted octanol–water partition coefficient (Wildman–Crippen LogP) is 5.26. The summed E-state index contributed by atoms with van der Waals surface area (Å²) in [5.74, 6) is 0.755. The van der Waals surface area contributed by atoms with Crippen molar-refractivity contribution in [2.24, 2.45) is 0 Å². The van der Waals surface area contributed by atoms with Gasteiger partial charge in [0.2, 0.25) is 5.91 Å². The highest BCUT2D eigenvalue weighted by Crippen LogP contribution is 2.42. The Morgan fingerprint density at radius 2 is 1.77 bits per heavy atom. The number of methoxy groups -OCH3 is 1. The van der Waals surface area contributed by atoms with E-state index in [9.17, 15) is 4.79 Å². The van der Waals surface area contributed by atoms with E-state index in [1.807, 2.05) is 31.2 Å². The lowest BCUT2D eigenvalue weighted by Crippen LogP contribution is -2.33. The third-order valence-corrected chi connectivity index (χ3v) is 6.70. The number of nitrogens with zero attached hydrogens (tertiary/aromatic N) is 2. The first kappa shape index (κ1) is 22.9. The minimum Gasteiger partial charge on any atom is -0.497 e. The Morgan fingerprint density at radius 3 is 2.51 bits per heavy atom. The number of amides is 1. The fourth-order valence-electron chi connectivity index (χ4n) is 4.78. The van der Waals surface area contributed by atoms with Crippen molar-refractivity contribution in [3.63, 3.8) is 0 Å². The highest BCUT2D eigenvalue weighted by molar-refractivity contribution is 6.06. The van der Waals surface area contributed by atoms with Crippen LogP contribution < -0.4 is 10.1 Å². The van der Waals surface area contributed by atoms with Gasteiger partial charge in [-0.3, -0.25) is 9.89 Å². The smallest absolute Gasteiger partial charge is 0.235 e. The van der Waals surface area contributed by atoms with Crippen LogP contribution in [0.4, 0.5) is 5.69 Å². The summed E-state index contributed by atoms with van der Waals surface area (Å²) in [6, 6.07) is 20.6. The van der Waals surface area contributed by atoms with Gasteiger partial charge in [0.15, 0.2) is 0 Å². The average Bonchev–Trinajstić information content (AvgIpc) is 3.35. The van der Waals surface area contributed by atoms with E-state index < -0.39 is 5.41 Å².